The SMILES string of the molecule is Cc1c(-c2ccccc2)nn(-c2ccc(Cl)cc2)c1Cl. The minimum atomic E-state index is 0.617. The Balaban J connectivity index is 2.13. The number of rotatable bonds is 2. The van der Waals surface area contributed by atoms with Crippen LogP contribution in [-0.2, 0) is 0 Å². The van der Waals surface area contributed by atoms with Gasteiger partial charge in [-0.15, -0.1) is 0 Å². The van der Waals surface area contributed by atoms with Gasteiger partial charge in [0.25, 0.3) is 0 Å². The molecule has 4 heteroatoms. The average molecular weight is 303 g/mol. The Labute approximate surface area is 127 Å². The number of hydrogen-bond acceptors (Lipinski definition) is 1. The van der Waals surface area contributed by atoms with Gasteiger partial charge in [-0.25, -0.2) is 4.68 Å². The third-order valence-corrected chi connectivity index (χ3v) is 3.86. The fraction of sp³-hybridized carbons (Fsp3) is 0.0625. The molecule has 3 rings (SSSR count). The molecule has 0 saturated heterocycles. The van der Waals surface area contributed by atoms with Crippen LogP contribution in [0, 0.1) is 6.92 Å². The van der Waals surface area contributed by atoms with Crippen molar-refractivity contribution in [1.82, 2.24) is 9.78 Å². The average Bonchev–Trinajstić information content (AvgIpc) is 2.77. The van der Waals surface area contributed by atoms with Crippen LogP contribution in [0.15, 0.2) is 54.6 Å². The molecule has 0 atom stereocenters. The zero-order chi connectivity index (χ0) is 14.1. The van der Waals surface area contributed by atoms with E-state index in [0.717, 1.165) is 22.5 Å². The summed E-state index contributed by atoms with van der Waals surface area (Å²) in [6.45, 7) is 1.98. The van der Waals surface area contributed by atoms with Crippen molar-refractivity contribution < 1.29 is 0 Å². The van der Waals surface area contributed by atoms with Crippen molar-refractivity contribution in [3.8, 4) is 16.9 Å². The molecule has 0 aliphatic carbocycles. The van der Waals surface area contributed by atoms with E-state index in [2.05, 4.69) is 5.10 Å². The minimum Gasteiger partial charge on any atom is -0.221 e. The molecule has 2 aromatic carbocycles. The van der Waals surface area contributed by atoms with Gasteiger partial charge in [0.15, 0.2) is 0 Å². The molecule has 20 heavy (non-hydrogen) atoms. The van der Waals surface area contributed by atoms with Crippen molar-refractivity contribution in [2.75, 3.05) is 0 Å². The van der Waals surface area contributed by atoms with Crippen molar-refractivity contribution >= 4 is 23.2 Å². The van der Waals surface area contributed by atoms with Crippen molar-refractivity contribution in [3.05, 3.63) is 70.3 Å². The molecule has 1 aromatic heterocycles. The maximum Gasteiger partial charge on any atom is 0.136 e. The van der Waals surface area contributed by atoms with Crippen LogP contribution in [0.25, 0.3) is 16.9 Å². The van der Waals surface area contributed by atoms with Crippen LogP contribution >= 0.6 is 23.2 Å². The van der Waals surface area contributed by atoms with Crippen molar-refractivity contribution in [3.63, 3.8) is 0 Å². The van der Waals surface area contributed by atoms with E-state index in [1.165, 1.54) is 0 Å². The maximum absolute atomic E-state index is 6.41. The second kappa shape index (κ2) is 5.31. The number of hydrogen-bond donors (Lipinski definition) is 0. The minimum absolute atomic E-state index is 0.617. The van der Waals surface area contributed by atoms with Crippen LogP contribution < -0.4 is 0 Å². The van der Waals surface area contributed by atoms with Gasteiger partial charge in [0.1, 0.15) is 5.15 Å². The van der Waals surface area contributed by atoms with Crippen molar-refractivity contribution in [1.29, 1.82) is 0 Å². The molecule has 0 aliphatic heterocycles. The number of halogens is 2. The molecule has 0 aliphatic rings. The summed E-state index contributed by atoms with van der Waals surface area (Å²) < 4.78 is 1.73. The Morgan fingerprint density at radius 2 is 1.55 bits per heavy atom. The van der Waals surface area contributed by atoms with Gasteiger partial charge < -0.3 is 0 Å². The summed E-state index contributed by atoms with van der Waals surface area (Å²) in [6, 6.07) is 17.5. The molecule has 0 N–H and O–H groups in total. The fourth-order valence-electron chi connectivity index (χ4n) is 2.10. The molecule has 1 heterocycles. The maximum atomic E-state index is 6.41. The molecule has 0 spiro atoms. The monoisotopic (exact) mass is 302 g/mol. The number of nitrogens with zero attached hydrogens (tertiary/aromatic N) is 2. The summed E-state index contributed by atoms with van der Waals surface area (Å²) in [4.78, 5) is 0. The van der Waals surface area contributed by atoms with E-state index in [9.17, 15) is 0 Å². The van der Waals surface area contributed by atoms with Gasteiger partial charge in [-0.2, -0.15) is 5.10 Å². The van der Waals surface area contributed by atoms with E-state index in [0.29, 0.717) is 10.2 Å². The molecule has 0 unspecified atom stereocenters. The van der Waals surface area contributed by atoms with E-state index in [-0.39, 0.29) is 0 Å². The standard InChI is InChI=1S/C16H12Cl2N2/c1-11-15(12-5-3-2-4-6-12)19-20(16(11)18)14-9-7-13(17)8-10-14/h2-10H,1H3. The molecule has 0 saturated carbocycles. The van der Waals surface area contributed by atoms with Crippen LogP contribution in [0.4, 0.5) is 0 Å². The lowest BCUT2D eigenvalue weighted by Crippen LogP contribution is -1.96. The lowest BCUT2D eigenvalue weighted by molar-refractivity contribution is 0.885. The Morgan fingerprint density at radius 1 is 0.900 bits per heavy atom. The van der Waals surface area contributed by atoms with Gasteiger partial charge in [0.2, 0.25) is 0 Å². The van der Waals surface area contributed by atoms with Crippen molar-refractivity contribution in [2.45, 2.75) is 6.92 Å². The predicted molar refractivity (Wildman–Crippen MR) is 83.8 cm³/mol. The molecule has 0 radical (unpaired) electrons. The van der Waals surface area contributed by atoms with Crippen LogP contribution in [-0.4, -0.2) is 9.78 Å². The topological polar surface area (TPSA) is 17.8 Å². The van der Waals surface area contributed by atoms with E-state index in [1.807, 2.05) is 61.5 Å². The zero-order valence-electron chi connectivity index (χ0n) is 10.8. The fourth-order valence-corrected chi connectivity index (χ4v) is 2.45. The lowest BCUT2D eigenvalue weighted by Gasteiger charge is -2.02. The molecule has 100 valence electrons. The Hall–Kier alpha value is -1.77. The highest BCUT2D eigenvalue weighted by Crippen LogP contribution is 2.30. The first-order valence-corrected chi connectivity index (χ1v) is 6.99. The van der Waals surface area contributed by atoms with Gasteiger partial charge >= 0.3 is 0 Å². The van der Waals surface area contributed by atoms with E-state index >= 15 is 0 Å². The largest absolute Gasteiger partial charge is 0.221 e. The highest BCUT2D eigenvalue weighted by Gasteiger charge is 2.15. The van der Waals surface area contributed by atoms with Crippen LogP contribution in [0.5, 0.6) is 0 Å². The normalized spacial score (nSPS) is 10.8. The second-order valence-corrected chi connectivity index (χ2v) is 5.31. The van der Waals surface area contributed by atoms with E-state index < -0.39 is 0 Å². The molecule has 0 bridgehead atoms. The summed E-state index contributed by atoms with van der Waals surface area (Å²) >= 11 is 12.3. The Kier molecular flexibility index (Phi) is 3.51. The summed E-state index contributed by atoms with van der Waals surface area (Å²) in [6.07, 6.45) is 0. The van der Waals surface area contributed by atoms with E-state index in [4.69, 9.17) is 23.2 Å². The van der Waals surface area contributed by atoms with Gasteiger partial charge in [0, 0.05) is 16.1 Å². The van der Waals surface area contributed by atoms with Crippen LogP contribution in [0.1, 0.15) is 5.56 Å². The second-order valence-electron chi connectivity index (χ2n) is 4.52. The molecule has 0 amide bonds. The molecule has 0 fully saturated rings. The first-order chi connectivity index (χ1) is 9.66. The first-order valence-electron chi connectivity index (χ1n) is 6.23. The summed E-state index contributed by atoms with van der Waals surface area (Å²) in [5.41, 5.74) is 3.81. The molecule has 3 aromatic rings. The third kappa shape index (κ3) is 2.33. The smallest absolute Gasteiger partial charge is 0.136 e. The number of benzene rings is 2. The lowest BCUT2D eigenvalue weighted by atomic mass is 10.1. The number of aromatic nitrogens is 2. The molecular weight excluding hydrogens is 291 g/mol. The van der Waals surface area contributed by atoms with Gasteiger partial charge in [-0.1, -0.05) is 53.5 Å². The predicted octanol–water partition coefficient (Wildman–Crippen LogP) is 5.15. The van der Waals surface area contributed by atoms with Gasteiger partial charge in [0.05, 0.1) is 11.4 Å². The Morgan fingerprint density at radius 3 is 2.20 bits per heavy atom. The van der Waals surface area contributed by atoms with Crippen LogP contribution in [0.3, 0.4) is 0 Å². The van der Waals surface area contributed by atoms with Crippen LogP contribution in [0.2, 0.25) is 10.2 Å². The highest BCUT2D eigenvalue weighted by atomic mass is 35.5. The molecular formula is C16H12Cl2N2. The zero-order valence-corrected chi connectivity index (χ0v) is 12.4. The first kappa shape index (κ1) is 13.2. The summed E-state index contributed by atoms with van der Waals surface area (Å²) in [7, 11) is 0. The summed E-state index contributed by atoms with van der Waals surface area (Å²) in [5.74, 6) is 0. The quantitative estimate of drug-likeness (QED) is 0.640. The van der Waals surface area contributed by atoms with E-state index in [1.54, 1.807) is 4.68 Å². The third-order valence-electron chi connectivity index (χ3n) is 3.17. The highest BCUT2D eigenvalue weighted by molar-refractivity contribution is 6.31. The Bertz CT molecular complexity index is 731. The van der Waals surface area contributed by atoms with Gasteiger partial charge in [-0.3, -0.25) is 0 Å². The summed E-state index contributed by atoms with van der Waals surface area (Å²) in [5, 5.41) is 5.93. The molecule has 2 nitrogen and oxygen atoms in total. The van der Waals surface area contributed by atoms with Gasteiger partial charge in [-0.05, 0) is 31.2 Å². The van der Waals surface area contributed by atoms with Crippen molar-refractivity contribution in [2.24, 2.45) is 0 Å².